The van der Waals surface area contributed by atoms with Gasteiger partial charge in [-0.2, -0.15) is 0 Å². The van der Waals surface area contributed by atoms with Crippen LogP contribution in [0.4, 0.5) is 0 Å². The summed E-state index contributed by atoms with van der Waals surface area (Å²) in [6.07, 6.45) is 6.16. The van der Waals surface area contributed by atoms with Gasteiger partial charge in [-0.1, -0.05) is 39.5 Å². The lowest BCUT2D eigenvalue weighted by Crippen LogP contribution is -2.05. The first kappa shape index (κ1) is 15.1. The van der Waals surface area contributed by atoms with E-state index < -0.39 is 5.91 Å². The van der Waals surface area contributed by atoms with Crippen LogP contribution in [0.3, 0.4) is 0 Å². The van der Waals surface area contributed by atoms with Gasteiger partial charge in [-0.15, -0.1) is 0 Å². The first-order chi connectivity index (χ1) is 7.97. The molecule has 1 rings (SSSR count). The predicted molar refractivity (Wildman–Crippen MR) is 73.1 cm³/mol. The molecule has 1 amide bonds. The highest BCUT2D eigenvalue weighted by Crippen LogP contribution is 2.07. The average Bonchev–Trinajstić information content (AvgIpc) is 2.26. The van der Waals surface area contributed by atoms with Crippen molar-refractivity contribution >= 4 is 18.1 Å². The van der Waals surface area contributed by atoms with E-state index in [-0.39, 0.29) is 0 Å². The molecule has 3 heteroatoms. The van der Waals surface area contributed by atoms with E-state index in [0.29, 0.717) is 5.69 Å². The van der Waals surface area contributed by atoms with E-state index in [1.807, 2.05) is 6.07 Å². The Morgan fingerprint density at radius 1 is 1.47 bits per heavy atom. The smallest absolute Gasteiger partial charge is 0.241 e. The molecule has 0 aromatic carbocycles. The summed E-state index contributed by atoms with van der Waals surface area (Å²) >= 11 is 0. The second-order valence-electron chi connectivity index (χ2n) is 4.15. The number of hydrogen-bond donors (Lipinski definition) is 1. The Hall–Kier alpha value is -1.90. The Morgan fingerprint density at radius 3 is 2.53 bits per heavy atom. The topological polar surface area (TPSA) is 56.0 Å². The van der Waals surface area contributed by atoms with Crippen LogP contribution < -0.4 is 5.73 Å². The minimum Gasteiger partial charge on any atom is -0.366 e. The molecule has 0 saturated heterocycles. The quantitative estimate of drug-likeness (QED) is 0.815. The molecule has 0 bridgehead atoms. The van der Waals surface area contributed by atoms with Gasteiger partial charge in [-0.3, -0.25) is 9.78 Å². The van der Waals surface area contributed by atoms with Gasteiger partial charge in [-0.05, 0) is 23.6 Å². The van der Waals surface area contributed by atoms with Crippen molar-refractivity contribution in [3.8, 4) is 0 Å². The van der Waals surface area contributed by atoms with Crippen LogP contribution in [0.5, 0.6) is 0 Å². The number of rotatable bonds is 3. The van der Waals surface area contributed by atoms with Crippen molar-refractivity contribution in [3.05, 3.63) is 42.2 Å². The maximum absolute atomic E-state index is 10.5. The molecule has 0 unspecified atom stereocenters. The summed E-state index contributed by atoms with van der Waals surface area (Å²) in [5.41, 5.74) is 6.52. The van der Waals surface area contributed by atoms with Gasteiger partial charge in [0.05, 0.1) is 5.69 Å². The minimum atomic E-state index is -0.485. The predicted octanol–water partition coefficient (Wildman–Crippen LogP) is 2.89. The van der Waals surface area contributed by atoms with Crippen LogP contribution in [0.25, 0.3) is 12.2 Å². The Kier molecular flexibility index (Phi) is 7.35. The highest BCUT2D eigenvalue weighted by atomic mass is 16.1. The zero-order valence-corrected chi connectivity index (χ0v) is 10.7. The number of carbonyl (C=O) groups is 1. The van der Waals surface area contributed by atoms with E-state index in [1.54, 1.807) is 24.4 Å². The minimum absolute atomic E-state index is 0.485. The Morgan fingerprint density at radius 2 is 2.06 bits per heavy atom. The number of nitrogens with zero attached hydrogens (tertiary/aromatic N) is 1. The average molecular weight is 232 g/mol. The largest absolute Gasteiger partial charge is 0.366 e. The molecule has 92 valence electrons. The second-order valence-corrected chi connectivity index (χ2v) is 4.15. The summed E-state index contributed by atoms with van der Waals surface area (Å²) in [5.74, 6) is 0.348. The first-order valence-corrected chi connectivity index (χ1v) is 5.52. The highest BCUT2D eigenvalue weighted by molar-refractivity contribution is 5.90. The summed E-state index contributed by atoms with van der Waals surface area (Å²) in [5, 5.41) is 0. The van der Waals surface area contributed by atoms with Gasteiger partial charge < -0.3 is 5.73 Å². The van der Waals surface area contributed by atoms with E-state index in [4.69, 9.17) is 5.73 Å². The Labute approximate surface area is 103 Å². The van der Waals surface area contributed by atoms with Crippen molar-refractivity contribution in [1.82, 2.24) is 4.98 Å². The van der Waals surface area contributed by atoms with Gasteiger partial charge in [0.25, 0.3) is 0 Å². The van der Waals surface area contributed by atoms with E-state index in [2.05, 4.69) is 32.3 Å². The van der Waals surface area contributed by atoms with Gasteiger partial charge >= 0.3 is 0 Å². The van der Waals surface area contributed by atoms with E-state index in [9.17, 15) is 4.79 Å². The van der Waals surface area contributed by atoms with Gasteiger partial charge in [0, 0.05) is 12.3 Å². The van der Waals surface area contributed by atoms with Gasteiger partial charge in [0.15, 0.2) is 0 Å². The number of amides is 1. The molecule has 0 saturated carbocycles. The van der Waals surface area contributed by atoms with Crippen molar-refractivity contribution in [2.75, 3.05) is 0 Å². The number of hydrogen-bond acceptors (Lipinski definition) is 2. The van der Waals surface area contributed by atoms with Crippen LogP contribution in [-0.2, 0) is 4.79 Å². The zero-order chi connectivity index (χ0) is 13.3. The van der Waals surface area contributed by atoms with Gasteiger partial charge in [-0.25, -0.2) is 0 Å². The number of pyridine rings is 1. The molecular formula is C14H20N2O. The third kappa shape index (κ3) is 7.96. The third-order valence-electron chi connectivity index (χ3n) is 1.50. The van der Waals surface area contributed by atoms with Gasteiger partial charge in [0.1, 0.15) is 0 Å². The van der Waals surface area contributed by atoms with Crippen LogP contribution in [0, 0.1) is 5.92 Å². The third-order valence-corrected chi connectivity index (χ3v) is 1.50. The summed E-state index contributed by atoms with van der Waals surface area (Å²) in [4.78, 5) is 14.5. The molecule has 17 heavy (non-hydrogen) atoms. The molecule has 0 fully saturated rings. The molecule has 3 nitrogen and oxygen atoms in total. The first-order valence-electron chi connectivity index (χ1n) is 5.52. The summed E-state index contributed by atoms with van der Waals surface area (Å²) in [7, 11) is 0. The lowest BCUT2D eigenvalue weighted by molar-refractivity contribution is -0.113. The summed E-state index contributed by atoms with van der Waals surface area (Å²) < 4.78 is 0. The van der Waals surface area contributed by atoms with Crippen molar-refractivity contribution in [3.63, 3.8) is 0 Å². The molecule has 0 aliphatic heterocycles. The maximum atomic E-state index is 10.5. The second kappa shape index (κ2) is 8.28. The monoisotopic (exact) mass is 232 g/mol. The molecule has 2 N–H and O–H groups in total. The van der Waals surface area contributed by atoms with Crippen molar-refractivity contribution in [2.24, 2.45) is 11.7 Å². The molecule has 0 spiro atoms. The molecule has 0 atom stereocenters. The normalized spacial score (nSPS) is 9.88. The summed E-state index contributed by atoms with van der Waals surface area (Å²) in [6, 6.07) is 3.67. The molecular weight excluding hydrogens is 212 g/mol. The number of aromatic nitrogens is 1. The van der Waals surface area contributed by atoms with Crippen molar-refractivity contribution in [1.29, 1.82) is 0 Å². The number of nitrogens with two attached hydrogens (primary N) is 1. The molecule has 1 aromatic heterocycles. The molecule has 0 radical (unpaired) electrons. The van der Waals surface area contributed by atoms with Crippen molar-refractivity contribution < 1.29 is 4.79 Å². The molecule has 0 aliphatic carbocycles. The fourth-order valence-corrected chi connectivity index (χ4v) is 0.903. The van der Waals surface area contributed by atoms with E-state index >= 15 is 0 Å². The van der Waals surface area contributed by atoms with Crippen LogP contribution in [0.2, 0.25) is 0 Å². The Balaban J connectivity index is 0.000000557. The zero-order valence-electron chi connectivity index (χ0n) is 10.7. The molecule has 0 aliphatic rings. The summed E-state index contributed by atoms with van der Waals surface area (Å²) in [6.45, 7) is 10.1. The fourth-order valence-electron chi connectivity index (χ4n) is 0.903. The maximum Gasteiger partial charge on any atom is 0.241 e. The van der Waals surface area contributed by atoms with Crippen LogP contribution >= 0.6 is 0 Å². The van der Waals surface area contributed by atoms with Crippen LogP contribution in [-0.4, -0.2) is 10.9 Å². The molecule has 1 heterocycles. The number of carbonyl (C=O) groups excluding carboxylic acids is 1. The SMILES string of the molecule is C=Cc1cccnc1C=CC(N)=O.CC(C)C. The lowest BCUT2D eigenvalue weighted by atomic mass is 10.2. The van der Waals surface area contributed by atoms with E-state index in [0.717, 1.165) is 11.5 Å². The number of primary amides is 1. The van der Waals surface area contributed by atoms with Crippen LogP contribution in [0.1, 0.15) is 32.0 Å². The van der Waals surface area contributed by atoms with Crippen LogP contribution in [0.15, 0.2) is 31.0 Å². The van der Waals surface area contributed by atoms with Gasteiger partial charge in [0.2, 0.25) is 5.91 Å². The van der Waals surface area contributed by atoms with Crippen molar-refractivity contribution in [2.45, 2.75) is 20.8 Å². The molecule has 1 aromatic rings. The fraction of sp³-hybridized carbons (Fsp3) is 0.286. The Bertz CT molecular complexity index is 392. The standard InChI is InChI=1S/C10H10N2O.C4H10/c1-2-8-4-3-7-12-9(8)5-6-10(11)13;1-4(2)3/h2-7H,1H2,(H2,11,13);4H,1-3H3. The van der Waals surface area contributed by atoms with E-state index in [1.165, 1.54) is 6.08 Å². The highest BCUT2D eigenvalue weighted by Gasteiger charge is 1.94. The lowest BCUT2D eigenvalue weighted by Gasteiger charge is -1.96.